The molecule has 5 nitrogen and oxygen atoms in total. The van der Waals surface area contributed by atoms with Gasteiger partial charge >= 0.3 is 0 Å². The smallest absolute Gasteiger partial charge is 0.250 e. The first-order valence-corrected chi connectivity index (χ1v) is 8.07. The van der Waals surface area contributed by atoms with Crippen molar-refractivity contribution >= 4 is 16.8 Å². The number of carbonyl (C=O) groups is 1. The lowest BCUT2D eigenvalue weighted by molar-refractivity contribution is 0.100. The number of fused-ring (bicyclic) bond motifs is 1. The molecule has 122 valence electrons. The molecule has 1 fully saturated rings. The van der Waals surface area contributed by atoms with Gasteiger partial charge in [-0.3, -0.25) is 4.79 Å². The van der Waals surface area contributed by atoms with Gasteiger partial charge in [0.15, 0.2) is 0 Å². The predicted octanol–water partition coefficient (Wildman–Crippen LogP) is 2.59. The molecule has 1 aliphatic heterocycles. The van der Waals surface area contributed by atoms with Gasteiger partial charge in [-0.25, -0.2) is 4.68 Å². The van der Waals surface area contributed by atoms with Gasteiger partial charge in [-0.2, -0.15) is 5.10 Å². The minimum absolute atomic E-state index is 0.116. The Balaban J connectivity index is 1.77. The normalized spacial score (nSPS) is 19.7. The van der Waals surface area contributed by atoms with Gasteiger partial charge in [0.2, 0.25) is 0 Å². The van der Waals surface area contributed by atoms with E-state index in [9.17, 15) is 4.79 Å². The predicted molar refractivity (Wildman–Crippen MR) is 94.4 cm³/mol. The summed E-state index contributed by atoms with van der Waals surface area (Å²) < 4.78 is 25.5. The molecule has 1 aromatic heterocycles. The van der Waals surface area contributed by atoms with Crippen molar-refractivity contribution in [2.45, 2.75) is 18.8 Å². The number of carbonyl (C=O) groups excluding carboxylic acids is 1. The van der Waals surface area contributed by atoms with Gasteiger partial charge in [-0.05, 0) is 49.0 Å². The zero-order valence-corrected chi connectivity index (χ0v) is 13.2. The highest BCUT2D eigenvalue weighted by Gasteiger charge is 2.15. The number of hydrogen-bond acceptors (Lipinski definition) is 3. The van der Waals surface area contributed by atoms with E-state index in [1.807, 2.05) is 12.1 Å². The Hall–Kier alpha value is -2.66. The van der Waals surface area contributed by atoms with Gasteiger partial charge in [-0.15, -0.1) is 0 Å². The Morgan fingerprint density at radius 1 is 1.33 bits per heavy atom. The Morgan fingerprint density at radius 3 is 2.88 bits per heavy atom. The molecule has 0 radical (unpaired) electrons. The third-order valence-corrected chi connectivity index (χ3v) is 4.51. The summed E-state index contributed by atoms with van der Waals surface area (Å²) in [5.41, 5.74) is 7.52. The molecule has 5 heteroatoms. The van der Waals surface area contributed by atoms with Crippen molar-refractivity contribution in [2.75, 3.05) is 13.1 Å². The third kappa shape index (κ3) is 2.67. The SMILES string of the molecule is [2H]c1c([2H])c(C(N)=O)c2nn(-c3ccc([C@@H]4CCCNC4)cc3)cc2c1[2H]. The number of benzene rings is 2. The Morgan fingerprint density at radius 2 is 2.17 bits per heavy atom. The van der Waals surface area contributed by atoms with Crippen molar-refractivity contribution < 1.29 is 8.91 Å². The first-order valence-electron chi connectivity index (χ1n) is 9.57. The lowest BCUT2D eigenvalue weighted by Gasteiger charge is -2.23. The molecule has 3 N–H and O–H groups in total. The van der Waals surface area contributed by atoms with E-state index in [1.165, 1.54) is 18.4 Å². The van der Waals surface area contributed by atoms with E-state index < -0.39 is 5.91 Å². The molecule has 0 saturated carbocycles. The van der Waals surface area contributed by atoms with Crippen LogP contribution in [0.5, 0.6) is 0 Å². The van der Waals surface area contributed by atoms with Crippen LogP contribution in [0.15, 0.2) is 48.6 Å². The third-order valence-electron chi connectivity index (χ3n) is 4.51. The molecule has 24 heavy (non-hydrogen) atoms. The van der Waals surface area contributed by atoms with Crippen LogP contribution >= 0.6 is 0 Å². The standard InChI is InChI=1S/C19H20N4O/c20-19(24)17-5-1-3-15-12-23(22-18(15)17)16-8-6-13(7-9-16)14-4-2-10-21-11-14/h1,3,5-9,12,14,21H,2,4,10-11H2,(H2,20,24)/t14-/m1/s1/i1D,3D,5D. The minimum Gasteiger partial charge on any atom is -0.366 e. The molecule has 1 aliphatic rings. The Bertz CT molecular complexity index is 1020. The first-order chi connectivity index (χ1) is 13.0. The molecular formula is C19H20N4O. The van der Waals surface area contributed by atoms with Crippen molar-refractivity contribution in [3.8, 4) is 5.69 Å². The maximum Gasteiger partial charge on any atom is 0.250 e. The van der Waals surface area contributed by atoms with Crippen LogP contribution in [0.4, 0.5) is 0 Å². The molecule has 2 heterocycles. The van der Waals surface area contributed by atoms with E-state index in [1.54, 1.807) is 10.9 Å². The van der Waals surface area contributed by atoms with Crippen LogP contribution in [0.2, 0.25) is 0 Å². The van der Waals surface area contributed by atoms with Crippen molar-refractivity contribution in [3.63, 3.8) is 0 Å². The summed E-state index contributed by atoms with van der Waals surface area (Å²) in [4.78, 5) is 11.8. The molecule has 3 aromatic rings. The molecule has 0 aliphatic carbocycles. The highest BCUT2D eigenvalue weighted by Crippen LogP contribution is 2.25. The number of piperidine rings is 1. The van der Waals surface area contributed by atoms with E-state index in [4.69, 9.17) is 9.85 Å². The number of rotatable bonds is 3. The van der Waals surface area contributed by atoms with Gasteiger partial charge in [0.05, 0.1) is 15.4 Å². The number of nitrogens with one attached hydrogen (secondary N) is 1. The summed E-state index contributed by atoms with van der Waals surface area (Å²) in [6.45, 7) is 2.05. The molecule has 0 spiro atoms. The van der Waals surface area contributed by atoms with Gasteiger partial charge in [-0.1, -0.05) is 24.2 Å². The van der Waals surface area contributed by atoms with Crippen LogP contribution in [-0.4, -0.2) is 28.8 Å². The lowest BCUT2D eigenvalue weighted by atomic mass is 9.92. The number of aromatic nitrogens is 2. The molecule has 1 atom stereocenters. The van der Waals surface area contributed by atoms with E-state index in [0.717, 1.165) is 18.8 Å². The average Bonchev–Trinajstić information content (AvgIpc) is 3.12. The highest BCUT2D eigenvalue weighted by molar-refractivity contribution is 6.04. The van der Waals surface area contributed by atoms with Crippen molar-refractivity contribution in [2.24, 2.45) is 5.73 Å². The van der Waals surface area contributed by atoms with Gasteiger partial charge in [0.1, 0.15) is 5.52 Å². The molecule has 1 saturated heterocycles. The fraction of sp³-hybridized carbons (Fsp3) is 0.263. The summed E-state index contributed by atoms with van der Waals surface area (Å²) in [7, 11) is 0. The fourth-order valence-electron chi connectivity index (χ4n) is 3.22. The van der Waals surface area contributed by atoms with E-state index in [2.05, 4.69) is 22.5 Å². The maximum absolute atomic E-state index is 11.8. The number of primary amides is 1. The zero-order valence-electron chi connectivity index (χ0n) is 16.2. The highest BCUT2D eigenvalue weighted by atomic mass is 16.1. The molecule has 0 bridgehead atoms. The average molecular weight is 323 g/mol. The second kappa shape index (κ2) is 6.09. The Labute approximate surface area is 144 Å². The second-order valence-corrected chi connectivity index (χ2v) is 6.09. The monoisotopic (exact) mass is 323 g/mol. The van der Waals surface area contributed by atoms with Crippen molar-refractivity contribution in [1.82, 2.24) is 15.1 Å². The largest absolute Gasteiger partial charge is 0.366 e. The number of nitrogens with zero attached hydrogens (tertiary/aromatic N) is 2. The quantitative estimate of drug-likeness (QED) is 0.778. The van der Waals surface area contributed by atoms with Crippen LogP contribution in [-0.2, 0) is 0 Å². The first kappa shape index (κ1) is 11.8. The summed E-state index contributed by atoms with van der Waals surface area (Å²) >= 11 is 0. The maximum atomic E-state index is 11.8. The van der Waals surface area contributed by atoms with Gasteiger partial charge < -0.3 is 11.1 Å². The summed E-state index contributed by atoms with van der Waals surface area (Å²) in [5.74, 6) is -0.313. The van der Waals surface area contributed by atoms with Crippen molar-refractivity contribution in [1.29, 1.82) is 0 Å². The number of amides is 1. The molecule has 4 rings (SSSR count). The summed E-state index contributed by atoms with van der Waals surface area (Å²) in [6, 6.07) is 7.24. The summed E-state index contributed by atoms with van der Waals surface area (Å²) in [5, 5.41) is 8.14. The molecule has 2 aromatic carbocycles. The van der Waals surface area contributed by atoms with Crippen LogP contribution in [0.1, 0.15) is 38.8 Å². The van der Waals surface area contributed by atoms with Gasteiger partial charge in [0.25, 0.3) is 5.91 Å². The summed E-state index contributed by atoms with van der Waals surface area (Å²) in [6.07, 6.45) is 3.95. The van der Waals surface area contributed by atoms with Crippen molar-refractivity contribution in [3.05, 3.63) is 59.7 Å². The Kier molecular flexibility index (Phi) is 3.00. The van der Waals surface area contributed by atoms with E-state index >= 15 is 0 Å². The minimum atomic E-state index is -0.816. The topological polar surface area (TPSA) is 72.9 Å². The second-order valence-electron chi connectivity index (χ2n) is 6.09. The van der Waals surface area contributed by atoms with Crippen LogP contribution in [0.25, 0.3) is 16.6 Å². The number of hydrogen-bond donors (Lipinski definition) is 2. The van der Waals surface area contributed by atoms with Gasteiger partial charge in [0, 0.05) is 18.1 Å². The zero-order chi connectivity index (χ0) is 19.1. The number of nitrogens with two attached hydrogens (primary N) is 1. The molecular weight excluding hydrogens is 300 g/mol. The fourth-order valence-corrected chi connectivity index (χ4v) is 3.22. The van der Waals surface area contributed by atoms with E-state index in [0.29, 0.717) is 11.3 Å². The van der Waals surface area contributed by atoms with Crippen LogP contribution in [0, 0.1) is 0 Å². The van der Waals surface area contributed by atoms with Crippen LogP contribution in [0.3, 0.4) is 0 Å². The van der Waals surface area contributed by atoms with Crippen LogP contribution < -0.4 is 11.1 Å². The molecule has 1 amide bonds. The lowest BCUT2D eigenvalue weighted by Crippen LogP contribution is -2.28. The molecule has 0 unspecified atom stereocenters. The van der Waals surface area contributed by atoms with E-state index in [-0.39, 0.29) is 29.2 Å².